The van der Waals surface area contributed by atoms with Gasteiger partial charge in [0.05, 0.1) is 0 Å². The number of hydrogen-bond acceptors (Lipinski definition) is 2. The van der Waals surface area contributed by atoms with Crippen LogP contribution in [0.15, 0.2) is 11.0 Å². The number of aromatic amines is 1. The first-order valence-electron chi connectivity index (χ1n) is 2.38. The lowest BCUT2D eigenvalue weighted by molar-refractivity contribution is 0.428. The number of hydrogen-bond donors (Lipinski definition) is 2. The van der Waals surface area contributed by atoms with Gasteiger partial charge in [0, 0.05) is 6.20 Å². The maximum Gasteiger partial charge on any atom is 0.261 e. The average Bonchev–Trinajstić information content (AvgIpc) is 1.93. The first-order valence-corrected chi connectivity index (χ1v) is 2.38. The molecular weight excluding hydrogens is 144 g/mol. The van der Waals surface area contributed by atoms with E-state index >= 15 is 0 Å². The second-order valence-electron chi connectivity index (χ2n) is 1.63. The Morgan fingerprint density at radius 1 is 1.50 bits per heavy atom. The molecule has 1 heterocycles. The van der Waals surface area contributed by atoms with Crippen molar-refractivity contribution in [1.82, 2.24) is 4.98 Å². The first kappa shape index (κ1) is 6.73. The minimum atomic E-state index is -1.60. The Morgan fingerprint density at radius 2 is 2.10 bits per heavy atom. The fourth-order valence-corrected chi connectivity index (χ4v) is 0.473. The minimum Gasteiger partial charge on any atom is -0.503 e. The van der Waals surface area contributed by atoms with E-state index in [1.807, 2.05) is 0 Å². The van der Waals surface area contributed by atoms with E-state index in [1.165, 1.54) is 0 Å². The Labute approximate surface area is 53.9 Å². The van der Waals surface area contributed by atoms with E-state index in [2.05, 4.69) is 0 Å². The minimum absolute atomic E-state index is 0.681. The van der Waals surface area contributed by atoms with Crippen LogP contribution in [0.2, 0.25) is 0 Å². The van der Waals surface area contributed by atoms with Crippen LogP contribution in [0.4, 0.5) is 8.78 Å². The second-order valence-corrected chi connectivity index (χ2v) is 1.63. The van der Waals surface area contributed by atoms with E-state index in [4.69, 9.17) is 5.11 Å². The van der Waals surface area contributed by atoms with Gasteiger partial charge in [0.25, 0.3) is 5.43 Å². The number of pyridine rings is 1. The topological polar surface area (TPSA) is 53.1 Å². The molecule has 3 nitrogen and oxygen atoms in total. The van der Waals surface area contributed by atoms with Crippen LogP contribution in [0.1, 0.15) is 0 Å². The van der Waals surface area contributed by atoms with Crippen molar-refractivity contribution in [2.45, 2.75) is 0 Å². The molecule has 10 heavy (non-hydrogen) atoms. The van der Waals surface area contributed by atoms with Gasteiger partial charge in [-0.2, -0.15) is 8.78 Å². The van der Waals surface area contributed by atoms with E-state index in [-0.39, 0.29) is 0 Å². The normalized spacial score (nSPS) is 9.80. The van der Waals surface area contributed by atoms with Crippen LogP contribution in [-0.4, -0.2) is 10.1 Å². The van der Waals surface area contributed by atoms with Crippen LogP contribution >= 0.6 is 0 Å². The lowest BCUT2D eigenvalue weighted by Crippen LogP contribution is -2.09. The lowest BCUT2D eigenvalue weighted by Gasteiger charge is -1.91. The number of nitrogens with one attached hydrogen (secondary N) is 1. The van der Waals surface area contributed by atoms with Crippen molar-refractivity contribution < 1.29 is 13.9 Å². The molecule has 1 rings (SSSR count). The third-order valence-corrected chi connectivity index (χ3v) is 0.960. The highest BCUT2D eigenvalue weighted by atomic mass is 19.2. The third kappa shape index (κ3) is 0.854. The van der Waals surface area contributed by atoms with Crippen molar-refractivity contribution in [3.05, 3.63) is 28.2 Å². The summed E-state index contributed by atoms with van der Waals surface area (Å²) in [7, 11) is 0. The molecule has 54 valence electrons. The van der Waals surface area contributed by atoms with Crippen molar-refractivity contribution in [2.75, 3.05) is 0 Å². The van der Waals surface area contributed by atoms with Gasteiger partial charge in [-0.1, -0.05) is 0 Å². The molecule has 0 aliphatic carbocycles. The molecule has 5 heteroatoms. The Balaban J connectivity index is 3.50. The van der Waals surface area contributed by atoms with Gasteiger partial charge in [0.15, 0.2) is 5.75 Å². The molecule has 0 bridgehead atoms. The Kier molecular flexibility index (Phi) is 1.41. The molecule has 1 aromatic rings. The van der Waals surface area contributed by atoms with Crippen LogP contribution in [0.3, 0.4) is 0 Å². The van der Waals surface area contributed by atoms with Crippen LogP contribution in [0.25, 0.3) is 0 Å². The first-order chi connectivity index (χ1) is 4.63. The predicted molar refractivity (Wildman–Crippen MR) is 28.6 cm³/mol. The van der Waals surface area contributed by atoms with Gasteiger partial charge in [-0.15, -0.1) is 0 Å². The standard InChI is InChI=1S/C5H3F2NO2/c6-3-4(10)2(9)1-8-5(3)7/h1,9H,(H,8,10). The van der Waals surface area contributed by atoms with E-state index < -0.39 is 22.9 Å². The van der Waals surface area contributed by atoms with Crippen molar-refractivity contribution in [3.63, 3.8) is 0 Å². The largest absolute Gasteiger partial charge is 0.503 e. The number of aromatic nitrogens is 1. The van der Waals surface area contributed by atoms with Crippen LogP contribution in [-0.2, 0) is 0 Å². The Bertz CT molecular complexity index is 307. The van der Waals surface area contributed by atoms with Crippen molar-refractivity contribution in [2.24, 2.45) is 0 Å². The monoisotopic (exact) mass is 147 g/mol. The van der Waals surface area contributed by atoms with Crippen molar-refractivity contribution in [3.8, 4) is 5.75 Å². The van der Waals surface area contributed by atoms with E-state index in [0.29, 0.717) is 6.20 Å². The van der Waals surface area contributed by atoms with Gasteiger partial charge in [0.1, 0.15) is 0 Å². The number of aromatic hydroxyl groups is 1. The molecule has 0 fully saturated rings. The van der Waals surface area contributed by atoms with Crippen LogP contribution in [0, 0.1) is 11.8 Å². The highest BCUT2D eigenvalue weighted by Gasteiger charge is 2.08. The highest BCUT2D eigenvalue weighted by molar-refractivity contribution is 5.15. The summed E-state index contributed by atoms with van der Waals surface area (Å²) in [4.78, 5) is 12.0. The molecule has 0 aromatic carbocycles. The Morgan fingerprint density at radius 3 is 2.60 bits per heavy atom. The zero-order valence-electron chi connectivity index (χ0n) is 4.69. The maximum absolute atomic E-state index is 12.1. The molecular formula is C5H3F2NO2. The summed E-state index contributed by atoms with van der Waals surface area (Å²) in [5, 5.41) is 8.47. The summed E-state index contributed by atoms with van der Waals surface area (Å²) >= 11 is 0. The molecule has 0 aliphatic rings. The van der Waals surface area contributed by atoms with Gasteiger partial charge < -0.3 is 10.1 Å². The summed E-state index contributed by atoms with van der Waals surface area (Å²) in [6, 6.07) is 0. The molecule has 0 radical (unpaired) electrons. The summed E-state index contributed by atoms with van der Waals surface area (Å²) in [6.07, 6.45) is 0.681. The van der Waals surface area contributed by atoms with E-state index in [9.17, 15) is 13.6 Å². The van der Waals surface area contributed by atoms with Gasteiger partial charge in [-0.25, -0.2) is 0 Å². The predicted octanol–water partition coefficient (Wildman–Crippen LogP) is 0.359. The highest BCUT2D eigenvalue weighted by Crippen LogP contribution is 2.01. The molecule has 0 amide bonds. The third-order valence-electron chi connectivity index (χ3n) is 0.960. The quantitative estimate of drug-likeness (QED) is 0.520. The Hall–Kier alpha value is -1.39. The number of halogens is 2. The fraction of sp³-hybridized carbons (Fsp3) is 0. The number of H-pyrrole nitrogens is 1. The van der Waals surface area contributed by atoms with Gasteiger partial charge >= 0.3 is 0 Å². The van der Waals surface area contributed by atoms with Crippen LogP contribution < -0.4 is 5.43 Å². The average molecular weight is 147 g/mol. The van der Waals surface area contributed by atoms with Crippen molar-refractivity contribution in [1.29, 1.82) is 0 Å². The van der Waals surface area contributed by atoms with Crippen molar-refractivity contribution >= 4 is 0 Å². The molecule has 1 aromatic heterocycles. The maximum atomic E-state index is 12.1. The molecule has 0 spiro atoms. The molecule has 0 atom stereocenters. The summed E-state index contributed by atoms with van der Waals surface area (Å²) in [6.45, 7) is 0. The lowest BCUT2D eigenvalue weighted by atomic mass is 10.4. The number of rotatable bonds is 0. The van der Waals surface area contributed by atoms with E-state index in [0.717, 1.165) is 0 Å². The summed E-state index contributed by atoms with van der Waals surface area (Å²) in [5.74, 6) is -3.80. The molecule has 0 saturated heterocycles. The zero-order chi connectivity index (χ0) is 7.72. The summed E-state index contributed by atoms with van der Waals surface area (Å²) in [5.41, 5.74) is -1.34. The molecule has 0 saturated carbocycles. The zero-order valence-corrected chi connectivity index (χ0v) is 4.69. The van der Waals surface area contributed by atoms with Crippen LogP contribution in [0.5, 0.6) is 5.75 Å². The molecule has 0 unspecified atom stereocenters. The summed E-state index contributed by atoms with van der Waals surface area (Å²) < 4.78 is 24.1. The molecule has 2 N–H and O–H groups in total. The fourth-order valence-electron chi connectivity index (χ4n) is 0.473. The SMILES string of the molecule is O=c1c(O)c[nH]c(F)c1F. The van der Waals surface area contributed by atoms with Gasteiger partial charge in [-0.3, -0.25) is 4.79 Å². The molecule has 0 aliphatic heterocycles. The van der Waals surface area contributed by atoms with Gasteiger partial charge in [-0.05, 0) is 0 Å². The smallest absolute Gasteiger partial charge is 0.261 e. The second kappa shape index (κ2) is 2.09. The van der Waals surface area contributed by atoms with E-state index in [1.54, 1.807) is 4.98 Å². The van der Waals surface area contributed by atoms with Gasteiger partial charge in [0.2, 0.25) is 11.8 Å².